The monoisotopic (exact) mass is 314 g/mol. The molecule has 122 valence electrons. The molecule has 2 aromatic rings. The highest BCUT2D eigenvalue weighted by Crippen LogP contribution is 2.22. The molecule has 1 saturated heterocycles. The predicted octanol–water partition coefficient (Wildman–Crippen LogP) is 1.84. The molecule has 2 heterocycles. The van der Waals surface area contributed by atoms with Crippen LogP contribution in [0.3, 0.4) is 0 Å². The third kappa shape index (κ3) is 3.13. The van der Waals surface area contributed by atoms with Crippen molar-refractivity contribution in [3.8, 4) is 5.69 Å². The van der Waals surface area contributed by atoms with E-state index < -0.39 is 0 Å². The van der Waals surface area contributed by atoms with E-state index in [1.165, 1.54) is 0 Å². The van der Waals surface area contributed by atoms with Crippen molar-refractivity contribution >= 4 is 11.6 Å². The van der Waals surface area contributed by atoms with Crippen LogP contribution in [0.25, 0.3) is 5.69 Å². The number of nitrogens with zero attached hydrogens (tertiary/aromatic N) is 3. The van der Waals surface area contributed by atoms with Crippen LogP contribution in [0.1, 0.15) is 12.1 Å². The number of para-hydroxylation sites is 1. The standard InChI is InChI=1S/C17H22N4O2/c1-12-15(10-18-21(12)13-7-5-4-6-8-13)19-17(22)16-9-14(23-3)11-20(16)2/h4-8,10,14,16H,9,11H2,1-3H3,(H,19,22)/t14-,16-/m0/s1. The maximum Gasteiger partial charge on any atom is 0.241 e. The second-order valence-corrected chi connectivity index (χ2v) is 5.93. The largest absolute Gasteiger partial charge is 0.380 e. The van der Waals surface area contributed by atoms with Gasteiger partial charge in [0.15, 0.2) is 0 Å². The first-order valence-electron chi connectivity index (χ1n) is 7.74. The summed E-state index contributed by atoms with van der Waals surface area (Å²) in [7, 11) is 3.64. The number of ether oxygens (including phenoxy) is 1. The third-order valence-electron chi connectivity index (χ3n) is 4.41. The van der Waals surface area contributed by atoms with Gasteiger partial charge in [0.25, 0.3) is 0 Å². The van der Waals surface area contributed by atoms with Gasteiger partial charge in [0.2, 0.25) is 5.91 Å². The number of aromatic nitrogens is 2. The quantitative estimate of drug-likeness (QED) is 0.935. The molecule has 1 aliphatic rings. The van der Waals surface area contributed by atoms with E-state index in [1.54, 1.807) is 13.3 Å². The molecule has 6 heteroatoms. The normalized spacial score (nSPS) is 21.5. The van der Waals surface area contributed by atoms with Crippen LogP contribution in [0, 0.1) is 6.92 Å². The molecule has 23 heavy (non-hydrogen) atoms. The third-order valence-corrected chi connectivity index (χ3v) is 4.41. The van der Waals surface area contributed by atoms with Crippen LogP contribution >= 0.6 is 0 Å². The molecule has 1 aromatic carbocycles. The van der Waals surface area contributed by atoms with Crippen molar-refractivity contribution in [2.24, 2.45) is 0 Å². The average Bonchev–Trinajstić information content (AvgIpc) is 3.12. The summed E-state index contributed by atoms with van der Waals surface area (Å²) in [5.74, 6) is -0.0113. The molecule has 1 fully saturated rings. The topological polar surface area (TPSA) is 59.4 Å². The van der Waals surface area contributed by atoms with Gasteiger partial charge in [0.1, 0.15) is 0 Å². The van der Waals surface area contributed by atoms with Crippen LogP contribution in [0.4, 0.5) is 5.69 Å². The Balaban J connectivity index is 1.74. The van der Waals surface area contributed by atoms with Crippen LogP contribution in [0.2, 0.25) is 0 Å². The van der Waals surface area contributed by atoms with Gasteiger partial charge in [-0.15, -0.1) is 0 Å². The van der Waals surface area contributed by atoms with E-state index in [2.05, 4.69) is 10.4 Å². The van der Waals surface area contributed by atoms with E-state index in [0.717, 1.165) is 23.6 Å². The molecule has 1 amide bonds. The highest BCUT2D eigenvalue weighted by molar-refractivity contribution is 5.95. The Morgan fingerprint density at radius 2 is 2.09 bits per heavy atom. The van der Waals surface area contributed by atoms with Gasteiger partial charge in [-0.05, 0) is 32.5 Å². The van der Waals surface area contributed by atoms with Gasteiger partial charge in [-0.2, -0.15) is 5.10 Å². The molecule has 0 radical (unpaired) electrons. The van der Waals surface area contributed by atoms with Crippen LogP contribution in [-0.4, -0.2) is 53.4 Å². The fraction of sp³-hybridized carbons (Fsp3) is 0.412. The fourth-order valence-corrected chi connectivity index (χ4v) is 3.01. The predicted molar refractivity (Wildman–Crippen MR) is 88.8 cm³/mol. The molecule has 0 aliphatic carbocycles. The van der Waals surface area contributed by atoms with Gasteiger partial charge in [-0.1, -0.05) is 18.2 Å². The lowest BCUT2D eigenvalue weighted by atomic mass is 10.2. The molecule has 1 N–H and O–H groups in total. The minimum absolute atomic E-state index is 0.0113. The van der Waals surface area contributed by atoms with Gasteiger partial charge in [0.05, 0.1) is 35.4 Å². The van der Waals surface area contributed by atoms with Crippen molar-refractivity contribution in [2.75, 3.05) is 26.0 Å². The van der Waals surface area contributed by atoms with Crippen molar-refractivity contribution in [2.45, 2.75) is 25.5 Å². The number of carbonyl (C=O) groups excluding carboxylic acids is 1. The number of hydrogen-bond donors (Lipinski definition) is 1. The van der Waals surface area contributed by atoms with Crippen LogP contribution in [-0.2, 0) is 9.53 Å². The molecular formula is C17H22N4O2. The van der Waals surface area contributed by atoms with E-state index in [0.29, 0.717) is 6.42 Å². The van der Waals surface area contributed by atoms with Gasteiger partial charge in [0, 0.05) is 13.7 Å². The molecule has 1 aliphatic heterocycles. The van der Waals surface area contributed by atoms with E-state index in [1.807, 2.05) is 53.9 Å². The first kappa shape index (κ1) is 15.7. The summed E-state index contributed by atoms with van der Waals surface area (Å²) in [4.78, 5) is 14.6. The SMILES string of the molecule is CO[C@H]1C[C@@H](C(=O)Nc2cnn(-c3ccccc3)c2C)N(C)C1. The second kappa shape index (κ2) is 6.52. The van der Waals surface area contributed by atoms with E-state index >= 15 is 0 Å². The van der Waals surface area contributed by atoms with Crippen molar-refractivity contribution in [1.82, 2.24) is 14.7 Å². The van der Waals surface area contributed by atoms with Crippen molar-refractivity contribution in [1.29, 1.82) is 0 Å². The molecule has 0 unspecified atom stereocenters. The number of methoxy groups -OCH3 is 1. The Morgan fingerprint density at radius 1 is 1.35 bits per heavy atom. The van der Waals surface area contributed by atoms with Crippen molar-refractivity contribution < 1.29 is 9.53 Å². The Hall–Kier alpha value is -2.18. The lowest BCUT2D eigenvalue weighted by molar-refractivity contribution is -0.120. The number of anilines is 1. The highest BCUT2D eigenvalue weighted by atomic mass is 16.5. The van der Waals surface area contributed by atoms with Gasteiger partial charge in [-0.3, -0.25) is 9.69 Å². The maximum atomic E-state index is 12.5. The number of likely N-dealkylation sites (N-methyl/N-ethyl adjacent to an activating group) is 1. The Morgan fingerprint density at radius 3 is 2.74 bits per heavy atom. The molecule has 6 nitrogen and oxygen atoms in total. The van der Waals surface area contributed by atoms with Crippen LogP contribution < -0.4 is 5.32 Å². The molecule has 0 spiro atoms. The maximum absolute atomic E-state index is 12.5. The number of amides is 1. The molecule has 0 saturated carbocycles. The van der Waals surface area contributed by atoms with Gasteiger partial charge in [-0.25, -0.2) is 4.68 Å². The van der Waals surface area contributed by atoms with E-state index in [4.69, 9.17) is 4.74 Å². The van der Waals surface area contributed by atoms with Crippen LogP contribution in [0.15, 0.2) is 36.5 Å². The first-order chi connectivity index (χ1) is 11.1. The molecule has 3 rings (SSSR count). The first-order valence-corrected chi connectivity index (χ1v) is 7.74. The summed E-state index contributed by atoms with van der Waals surface area (Å²) in [5.41, 5.74) is 2.63. The molecule has 1 aromatic heterocycles. The Labute approximate surface area is 136 Å². The summed E-state index contributed by atoms with van der Waals surface area (Å²) >= 11 is 0. The minimum atomic E-state index is -0.167. The smallest absolute Gasteiger partial charge is 0.241 e. The summed E-state index contributed by atoms with van der Waals surface area (Å²) in [5, 5.41) is 7.38. The summed E-state index contributed by atoms with van der Waals surface area (Å²) in [6, 6.07) is 9.70. The zero-order chi connectivity index (χ0) is 16.4. The summed E-state index contributed by atoms with van der Waals surface area (Å²) < 4.78 is 7.19. The number of rotatable bonds is 4. The lowest BCUT2D eigenvalue weighted by Crippen LogP contribution is -2.37. The Kier molecular flexibility index (Phi) is 4.45. The van der Waals surface area contributed by atoms with Gasteiger partial charge < -0.3 is 10.1 Å². The summed E-state index contributed by atoms with van der Waals surface area (Å²) in [6.45, 7) is 2.72. The molecule has 0 bridgehead atoms. The Bertz CT molecular complexity index is 683. The number of benzene rings is 1. The molecular weight excluding hydrogens is 292 g/mol. The number of hydrogen-bond acceptors (Lipinski definition) is 4. The van der Waals surface area contributed by atoms with Crippen molar-refractivity contribution in [3.05, 3.63) is 42.2 Å². The number of likely N-dealkylation sites (tertiary alicyclic amines) is 1. The minimum Gasteiger partial charge on any atom is -0.380 e. The van der Waals surface area contributed by atoms with Gasteiger partial charge >= 0.3 is 0 Å². The molecule has 2 atom stereocenters. The second-order valence-electron chi connectivity index (χ2n) is 5.93. The highest BCUT2D eigenvalue weighted by Gasteiger charge is 2.34. The average molecular weight is 314 g/mol. The van der Waals surface area contributed by atoms with E-state index in [9.17, 15) is 4.79 Å². The van der Waals surface area contributed by atoms with Crippen molar-refractivity contribution in [3.63, 3.8) is 0 Å². The van der Waals surface area contributed by atoms with Crippen LogP contribution in [0.5, 0.6) is 0 Å². The fourth-order valence-electron chi connectivity index (χ4n) is 3.01. The lowest BCUT2D eigenvalue weighted by Gasteiger charge is -2.18. The van der Waals surface area contributed by atoms with E-state index in [-0.39, 0.29) is 18.1 Å². The summed E-state index contributed by atoms with van der Waals surface area (Å²) in [6.07, 6.45) is 2.53. The zero-order valence-electron chi connectivity index (χ0n) is 13.7. The number of carbonyl (C=O) groups is 1. The zero-order valence-corrected chi connectivity index (χ0v) is 13.7. The number of nitrogens with one attached hydrogen (secondary N) is 1.